The lowest BCUT2D eigenvalue weighted by molar-refractivity contribution is -0.150. The molecule has 1 saturated carbocycles. The average Bonchev–Trinajstić information content (AvgIpc) is 2.69. The average molecular weight is 415 g/mol. The normalized spacial score (nSPS) is 21.8. The number of amides is 2. The van der Waals surface area contributed by atoms with Crippen LogP contribution in [0.2, 0.25) is 0 Å². The Morgan fingerprint density at radius 1 is 1.27 bits per heavy atom. The minimum Gasteiger partial charge on any atom is -0.444 e. The van der Waals surface area contributed by atoms with Crippen molar-refractivity contribution in [1.82, 2.24) is 10.3 Å². The first-order chi connectivity index (χ1) is 14.2. The summed E-state index contributed by atoms with van der Waals surface area (Å²) in [6.07, 6.45) is 4.74. The van der Waals surface area contributed by atoms with Gasteiger partial charge in [-0.25, -0.2) is 4.79 Å². The fourth-order valence-corrected chi connectivity index (χ4v) is 3.79. The van der Waals surface area contributed by atoms with E-state index in [0.29, 0.717) is 23.9 Å². The van der Waals surface area contributed by atoms with Gasteiger partial charge in [-0.3, -0.25) is 14.6 Å². The molecule has 8 nitrogen and oxygen atoms in total. The zero-order chi connectivity index (χ0) is 21.9. The van der Waals surface area contributed by atoms with Gasteiger partial charge in [0, 0.05) is 17.8 Å². The molecule has 0 radical (unpaired) electrons. The first-order valence-electron chi connectivity index (χ1n) is 10.1. The summed E-state index contributed by atoms with van der Waals surface area (Å²) in [4.78, 5) is 35.4. The van der Waals surface area contributed by atoms with Crippen molar-refractivity contribution in [3.05, 3.63) is 36.7 Å². The first kappa shape index (κ1) is 22.0. The Labute approximate surface area is 176 Å². The van der Waals surface area contributed by atoms with Crippen molar-refractivity contribution >= 4 is 28.5 Å². The number of hydrogen-bond acceptors (Lipinski definition) is 6. The number of nitrogens with zero attached hydrogens (tertiary/aromatic N) is 2. The Morgan fingerprint density at radius 2 is 2.03 bits per heavy atom. The maximum absolute atomic E-state index is 13.5. The van der Waals surface area contributed by atoms with Gasteiger partial charge in [0.2, 0.25) is 0 Å². The summed E-state index contributed by atoms with van der Waals surface area (Å²) in [7, 11) is 1.37. The molecule has 0 bridgehead atoms. The highest BCUT2D eigenvalue weighted by atomic mass is 16.7. The van der Waals surface area contributed by atoms with Crippen LogP contribution in [0.25, 0.3) is 10.8 Å². The van der Waals surface area contributed by atoms with Crippen LogP contribution in [0.1, 0.15) is 46.5 Å². The molecular formula is C22H29N3O5. The fourth-order valence-electron chi connectivity index (χ4n) is 3.79. The molecule has 1 aliphatic carbocycles. The summed E-state index contributed by atoms with van der Waals surface area (Å²) in [6.45, 7) is 5.27. The van der Waals surface area contributed by atoms with E-state index < -0.39 is 29.2 Å². The molecule has 2 atom stereocenters. The van der Waals surface area contributed by atoms with Gasteiger partial charge in [0.15, 0.2) is 5.60 Å². The van der Waals surface area contributed by atoms with Crippen LogP contribution in [-0.2, 0) is 14.4 Å². The number of fused-ring (bicyclic) bond motifs is 1. The van der Waals surface area contributed by atoms with Gasteiger partial charge in [-0.1, -0.05) is 18.6 Å². The molecule has 1 fully saturated rings. The molecule has 0 aliphatic heterocycles. The molecule has 30 heavy (non-hydrogen) atoms. The summed E-state index contributed by atoms with van der Waals surface area (Å²) in [6, 6.07) is 6.48. The monoisotopic (exact) mass is 415 g/mol. The highest BCUT2D eigenvalue weighted by molar-refractivity contribution is 6.05. The standard InChI is InChI=1S/C22H29N3O5/c1-21(2,3)30-20(27)24-18-10-5-6-12-22(18,28)19(26)25(29-4)17-9-7-8-15-11-13-23-14-16(15)17/h7-9,11,13-14,18,28H,5-6,10,12H2,1-4H3,(H,24,27). The van der Waals surface area contributed by atoms with Gasteiger partial charge in [-0.15, -0.1) is 0 Å². The number of hydroxylamine groups is 1. The van der Waals surface area contributed by atoms with Gasteiger partial charge in [0.1, 0.15) is 5.60 Å². The molecule has 1 heterocycles. The second-order valence-corrected chi connectivity index (χ2v) is 8.52. The van der Waals surface area contributed by atoms with Crippen LogP contribution in [0.5, 0.6) is 0 Å². The number of aromatic nitrogens is 1. The van der Waals surface area contributed by atoms with Gasteiger partial charge in [-0.2, -0.15) is 5.06 Å². The second kappa shape index (κ2) is 8.57. The third-order valence-electron chi connectivity index (χ3n) is 5.18. The van der Waals surface area contributed by atoms with E-state index in [1.165, 1.54) is 7.11 Å². The van der Waals surface area contributed by atoms with Gasteiger partial charge >= 0.3 is 6.09 Å². The smallest absolute Gasteiger partial charge is 0.407 e. The van der Waals surface area contributed by atoms with E-state index in [1.807, 2.05) is 12.1 Å². The van der Waals surface area contributed by atoms with Crippen molar-refractivity contribution in [3.63, 3.8) is 0 Å². The Hall–Kier alpha value is -2.71. The zero-order valence-electron chi connectivity index (χ0n) is 17.8. The molecule has 1 aromatic carbocycles. The van der Waals surface area contributed by atoms with Crippen LogP contribution in [-0.4, -0.2) is 46.4 Å². The lowest BCUT2D eigenvalue weighted by Gasteiger charge is -2.41. The SMILES string of the molecule is CON(C(=O)C1(O)CCCCC1NC(=O)OC(C)(C)C)c1cccc2ccncc12. The number of aliphatic hydroxyl groups is 1. The third-order valence-corrected chi connectivity index (χ3v) is 5.18. The van der Waals surface area contributed by atoms with E-state index in [9.17, 15) is 14.7 Å². The molecule has 0 spiro atoms. The van der Waals surface area contributed by atoms with Gasteiger partial charge < -0.3 is 15.2 Å². The molecule has 8 heteroatoms. The highest BCUT2D eigenvalue weighted by Crippen LogP contribution is 2.34. The van der Waals surface area contributed by atoms with Crippen molar-refractivity contribution in [2.24, 2.45) is 0 Å². The van der Waals surface area contributed by atoms with Crippen LogP contribution < -0.4 is 10.4 Å². The number of alkyl carbamates (subject to hydrolysis) is 1. The van der Waals surface area contributed by atoms with E-state index in [-0.39, 0.29) is 6.42 Å². The van der Waals surface area contributed by atoms with Crippen molar-refractivity contribution in [2.75, 3.05) is 12.2 Å². The lowest BCUT2D eigenvalue weighted by atomic mass is 9.79. The number of carbonyl (C=O) groups is 2. The van der Waals surface area contributed by atoms with Crippen LogP contribution in [0, 0.1) is 0 Å². The number of pyridine rings is 1. The number of rotatable bonds is 4. The van der Waals surface area contributed by atoms with Crippen molar-refractivity contribution in [1.29, 1.82) is 0 Å². The van der Waals surface area contributed by atoms with Crippen molar-refractivity contribution in [3.8, 4) is 0 Å². The molecule has 1 aromatic heterocycles. The van der Waals surface area contributed by atoms with Crippen LogP contribution in [0.4, 0.5) is 10.5 Å². The minimum absolute atomic E-state index is 0.204. The third kappa shape index (κ3) is 4.55. The maximum atomic E-state index is 13.5. The summed E-state index contributed by atoms with van der Waals surface area (Å²) in [5.41, 5.74) is -2.03. The van der Waals surface area contributed by atoms with E-state index in [2.05, 4.69) is 10.3 Å². The Bertz CT molecular complexity index is 921. The molecule has 162 valence electrons. The number of anilines is 1. The topological polar surface area (TPSA) is 101 Å². The molecule has 2 unspecified atom stereocenters. The minimum atomic E-state index is -1.82. The summed E-state index contributed by atoms with van der Waals surface area (Å²) >= 11 is 0. The van der Waals surface area contributed by atoms with Crippen molar-refractivity contribution < 1.29 is 24.3 Å². The predicted octanol–water partition coefficient (Wildman–Crippen LogP) is 3.33. The molecule has 0 saturated heterocycles. The van der Waals surface area contributed by atoms with E-state index in [4.69, 9.17) is 9.57 Å². The second-order valence-electron chi connectivity index (χ2n) is 8.52. The van der Waals surface area contributed by atoms with Gasteiger partial charge in [0.25, 0.3) is 5.91 Å². The molecular weight excluding hydrogens is 386 g/mol. The number of nitrogens with one attached hydrogen (secondary N) is 1. The Balaban J connectivity index is 1.91. The number of benzene rings is 1. The molecule has 3 rings (SSSR count). The molecule has 2 aromatic rings. The van der Waals surface area contributed by atoms with E-state index >= 15 is 0 Å². The largest absolute Gasteiger partial charge is 0.444 e. The highest BCUT2D eigenvalue weighted by Gasteiger charge is 2.49. The number of ether oxygens (including phenoxy) is 1. The van der Waals surface area contributed by atoms with Gasteiger partial charge in [-0.05, 0) is 57.6 Å². The fraction of sp³-hybridized carbons (Fsp3) is 0.500. The first-order valence-corrected chi connectivity index (χ1v) is 10.1. The number of carbonyl (C=O) groups excluding carboxylic acids is 2. The molecule has 2 N–H and O–H groups in total. The lowest BCUT2D eigenvalue weighted by Crippen LogP contribution is -2.63. The summed E-state index contributed by atoms with van der Waals surface area (Å²) in [5, 5.41) is 16.8. The molecule has 1 aliphatic rings. The van der Waals surface area contributed by atoms with Crippen LogP contribution in [0.3, 0.4) is 0 Å². The quantitative estimate of drug-likeness (QED) is 0.743. The zero-order valence-corrected chi connectivity index (χ0v) is 17.8. The van der Waals surface area contributed by atoms with Crippen LogP contribution in [0.15, 0.2) is 36.7 Å². The van der Waals surface area contributed by atoms with Gasteiger partial charge in [0.05, 0.1) is 18.8 Å². The number of hydrogen-bond donors (Lipinski definition) is 2. The summed E-state index contributed by atoms with van der Waals surface area (Å²) < 4.78 is 5.32. The van der Waals surface area contributed by atoms with E-state index in [0.717, 1.165) is 16.9 Å². The Kier molecular flexibility index (Phi) is 6.28. The molecule has 2 amide bonds. The Morgan fingerprint density at radius 3 is 2.73 bits per heavy atom. The van der Waals surface area contributed by atoms with Crippen molar-refractivity contribution in [2.45, 2.75) is 63.7 Å². The predicted molar refractivity (Wildman–Crippen MR) is 113 cm³/mol. The maximum Gasteiger partial charge on any atom is 0.407 e. The summed E-state index contributed by atoms with van der Waals surface area (Å²) in [5.74, 6) is -0.637. The van der Waals surface area contributed by atoms with E-state index in [1.54, 1.807) is 45.3 Å². The van der Waals surface area contributed by atoms with Crippen LogP contribution >= 0.6 is 0 Å².